The summed E-state index contributed by atoms with van der Waals surface area (Å²) in [5.41, 5.74) is 1.83. The molecule has 0 fully saturated rings. The molecule has 26 heavy (non-hydrogen) atoms. The monoisotopic (exact) mass is 376 g/mol. The van der Waals surface area contributed by atoms with Crippen LogP contribution in [0.1, 0.15) is 11.1 Å². The van der Waals surface area contributed by atoms with Gasteiger partial charge in [-0.2, -0.15) is 0 Å². The largest absolute Gasteiger partial charge is 0.496 e. The number of ether oxygens (including phenoxy) is 1. The molecule has 0 unspecified atom stereocenters. The zero-order valence-corrected chi connectivity index (χ0v) is 16.0. The van der Waals surface area contributed by atoms with E-state index in [1.54, 1.807) is 26.3 Å². The molecule has 2 rings (SSSR count). The van der Waals surface area contributed by atoms with Gasteiger partial charge in [-0.3, -0.25) is 4.99 Å². The summed E-state index contributed by atoms with van der Waals surface area (Å²) >= 11 is 0. The lowest BCUT2D eigenvalue weighted by Gasteiger charge is -2.23. The van der Waals surface area contributed by atoms with Crippen LogP contribution in [-0.4, -0.2) is 40.5 Å². The van der Waals surface area contributed by atoms with E-state index < -0.39 is 10.0 Å². The number of methoxy groups -OCH3 is 1. The van der Waals surface area contributed by atoms with Crippen molar-refractivity contribution in [1.29, 1.82) is 0 Å². The van der Waals surface area contributed by atoms with E-state index in [-0.39, 0.29) is 4.90 Å². The van der Waals surface area contributed by atoms with Crippen LogP contribution in [0.3, 0.4) is 0 Å². The van der Waals surface area contributed by atoms with E-state index in [2.05, 4.69) is 10.3 Å². The standard InChI is InChI=1S/C18H24N4O3S/c1-20-18(22(2)13-15-8-4-5-10-17(15)25-3)21-12-14-7-6-9-16(11-14)26(19,23)24/h4-11H,12-13H2,1-3H3,(H,20,21)(H2,19,23,24). The first-order chi connectivity index (χ1) is 12.3. The van der Waals surface area contributed by atoms with Crippen molar-refractivity contribution >= 4 is 16.0 Å². The lowest BCUT2D eigenvalue weighted by molar-refractivity contribution is 0.396. The van der Waals surface area contributed by atoms with Gasteiger partial charge in [-0.05, 0) is 23.8 Å². The average molecular weight is 376 g/mol. The second-order valence-corrected chi connectivity index (χ2v) is 7.32. The lowest BCUT2D eigenvalue weighted by Crippen LogP contribution is -2.38. The van der Waals surface area contributed by atoms with Gasteiger partial charge in [0.1, 0.15) is 5.75 Å². The Hall–Kier alpha value is -2.58. The zero-order chi connectivity index (χ0) is 19.2. The number of rotatable bonds is 6. The summed E-state index contributed by atoms with van der Waals surface area (Å²) in [5.74, 6) is 1.49. The Labute approximate surface area is 154 Å². The molecule has 2 aromatic carbocycles. The van der Waals surface area contributed by atoms with Gasteiger partial charge in [0.05, 0.1) is 12.0 Å². The van der Waals surface area contributed by atoms with Crippen molar-refractivity contribution in [3.8, 4) is 5.75 Å². The van der Waals surface area contributed by atoms with Crippen LogP contribution in [0, 0.1) is 0 Å². The third-order valence-corrected chi connectivity index (χ3v) is 4.76. The second-order valence-electron chi connectivity index (χ2n) is 5.76. The van der Waals surface area contributed by atoms with Crippen molar-refractivity contribution in [2.24, 2.45) is 10.1 Å². The van der Waals surface area contributed by atoms with Crippen LogP contribution >= 0.6 is 0 Å². The van der Waals surface area contributed by atoms with Crippen LogP contribution in [-0.2, 0) is 23.1 Å². The summed E-state index contributed by atoms with van der Waals surface area (Å²) < 4.78 is 28.3. The molecule has 0 radical (unpaired) electrons. The molecule has 3 N–H and O–H groups in total. The number of guanidine groups is 1. The fourth-order valence-corrected chi connectivity index (χ4v) is 3.15. The van der Waals surface area contributed by atoms with Crippen molar-refractivity contribution in [2.75, 3.05) is 21.2 Å². The Morgan fingerprint density at radius 3 is 2.62 bits per heavy atom. The molecule has 0 bridgehead atoms. The van der Waals surface area contributed by atoms with E-state index >= 15 is 0 Å². The van der Waals surface area contributed by atoms with Gasteiger partial charge in [-0.15, -0.1) is 0 Å². The van der Waals surface area contributed by atoms with E-state index in [9.17, 15) is 8.42 Å². The van der Waals surface area contributed by atoms with Gasteiger partial charge in [0.2, 0.25) is 10.0 Å². The van der Waals surface area contributed by atoms with Crippen molar-refractivity contribution in [3.63, 3.8) is 0 Å². The minimum atomic E-state index is -3.72. The van der Waals surface area contributed by atoms with Gasteiger partial charge in [0.25, 0.3) is 0 Å². The summed E-state index contributed by atoms with van der Waals surface area (Å²) in [5, 5.41) is 8.40. The molecule has 8 heteroatoms. The first-order valence-electron chi connectivity index (χ1n) is 8.00. The molecular formula is C18H24N4O3S. The Balaban J connectivity index is 2.06. The number of nitrogens with zero attached hydrogens (tertiary/aromatic N) is 2. The van der Waals surface area contributed by atoms with Gasteiger partial charge >= 0.3 is 0 Å². The molecule has 0 saturated heterocycles. The van der Waals surface area contributed by atoms with Gasteiger partial charge in [-0.1, -0.05) is 30.3 Å². The highest BCUT2D eigenvalue weighted by atomic mass is 32.2. The maximum absolute atomic E-state index is 11.5. The van der Waals surface area contributed by atoms with E-state index in [1.165, 1.54) is 6.07 Å². The third kappa shape index (κ3) is 5.21. The number of nitrogens with one attached hydrogen (secondary N) is 1. The Kier molecular flexibility index (Phi) is 6.59. The van der Waals surface area contributed by atoms with Gasteiger partial charge in [0, 0.05) is 32.7 Å². The van der Waals surface area contributed by atoms with Crippen LogP contribution < -0.4 is 15.2 Å². The van der Waals surface area contributed by atoms with Crippen molar-refractivity contribution in [3.05, 3.63) is 59.7 Å². The number of hydrogen-bond donors (Lipinski definition) is 2. The van der Waals surface area contributed by atoms with Crippen molar-refractivity contribution in [2.45, 2.75) is 18.0 Å². The highest BCUT2D eigenvalue weighted by Crippen LogP contribution is 2.18. The smallest absolute Gasteiger partial charge is 0.238 e. The summed E-state index contributed by atoms with van der Waals surface area (Å²) in [6.45, 7) is 1.03. The molecule has 140 valence electrons. The Bertz CT molecular complexity index is 882. The van der Waals surface area contributed by atoms with Gasteiger partial charge in [0.15, 0.2) is 5.96 Å². The maximum atomic E-state index is 11.5. The van der Waals surface area contributed by atoms with Gasteiger partial charge in [-0.25, -0.2) is 13.6 Å². The van der Waals surface area contributed by atoms with Crippen LogP contribution in [0.5, 0.6) is 5.75 Å². The molecule has 0 aromatic heterocycles. The molecule has 0 spiro atoms. The van der Waals surface area contributed by atoms with E-state index in [0.29, 0.717) is 19.0 Å². The van der Waals surface area contributed by atoms with Crippen molar-refractivity contribution in [1.82, 2.24) is 10.2 Å². The minimum absolute atomic E-state index is 0.0918. The number of sulfonamides is 1. The summed E-state index contributed by atoms with van der Waals surface area (Å²) in [7, 11) is 1.54. The zero-order valence-electron chi connectivity index (χ0n) is 15.1. The van der Waals surface area contributed by atoms with Gasteiger partial charge < -0.3 is 15.0 Å². The van der Waals surface area contributed by atoms with Crippen LogP contribution in [0.25, 0.3) is 0 Å². The summed E-state index contributed by atoms with van der Waals surface area (Å²) in [6, 6.07) is 14.3. The van der Waals surface area contributed by atoms with E-state index in [0.717, 1.165) is 16.9 Å². The topological polar surface area (TPSA) is 97.0 Å². The fourth-order valence-electron chi connectivity index (χ4n) is 2.56. The maximum Gasteiger partial charge on any atom is 0.238 e. The van der Waals surface area contributed by atoms with Crippen LogP contribution in [0.4, 0.5) is 0 Å². The predicted molar refractivity (Wildman–Crippen MR) is 102 cm³/mol. The number of benzene rings is 2. The molecule has 0 aliphatic heterocycles. The van der Waals surface area contributed by atoms with Crippen LogP contribution in [0.2, 0.25) is 0 Å². The SMILES string of the molecule is CN=C(NCc1cccc(S(N)(=O)=O)c1)N(C)Cc1ccccc1OC. The normalized spacial score (nSPS) is 11.9. The molecule has 0 saturated carbocycles. The highest BCUT2D eigenvalue weighted by molar-refractivity contribution is 7.89. The number of hydrogen-bond acceptors (Lipinski definition) is 4. The summed E-state index contributed by atoms with van der Waals surface area (Å²) in [4.78, 5) is 6.33. The number of primary sulfonamides is 1. The first kappa shape index (κ1) is 19.7. The quantitative estimate of drug-likeness (QED) is 0.589. The van der Waals surface area contributed by atoms with Crippen molar-refractivity contribution < 1.29 is 13.2 Å². The minimum Gasteiger partial charge on any atom is -0.496 e. The predicted octanol–water partition coefficient (Wildman–Crippen LogP) is 1.55. The Morgan fingerprint density at radius 1 is 1.23 bits per heavy atom. The summed E-state index contributed by atoms with van der Waals surface area (Å²) in [6.07, 6.45) is 0. The molecule has 0 atom stereocenters. The Morgan fingerprint density at radius 2 is 1.96 bits per heavy atom. The first-order valence-corrected chi connectivity index (χ1v) is 9.55. The molecule has 0 aliphatic rings. The number of nitrogens with two attached hydrogens (primary N) is 1. The molecule has 0 heterocycles. The third-order valence-electron chi connectivity index (χ3n) is 3.85. The van der Waals surface area contributed by atoms with E-state index in [1.807, 2.05) is 42.3 Å². The van der Waals surface area contributed by atoms with Crippen LogP contribution in [0.15, 0.2) is 58.4 Å². The highest BCUT2D eigenvalue weighted by Gasteiger charge is 2.11. The number of para-hydroxylation sites is 1. The second kappa shape index (κ2) is 8.68. The molecule has 7 nitrogen and oxygen atoms in total. The molecular weight excluding hydrogens is 352 g/mol. The number of aliphatic imine (C=N–C) groups is 1. The van der Waals surface area contributed by atoms with E-state index in [4.69, 9.17) is 9.88 Å². The average Bonchev–Trinajstić information content (AvgIpc) is 2.62. The molecule has 0 amide bonds. The molecule has 0 aliphatic carbocycles. The fraction of sp³-hybridized carbons (Fsp3) is 0.278. The lowest BCUT2D eigenvalue weighted by atomic mass is 10.2. The molecule has 2 aromatic rings.